The summed E-state index contributed by atoms with van der Waals surface area (Å²) in [6.45, 7) is 0.774. The van der Waals surface area contributed by atoms with Crippen molar-refractivity contribution in [2.75, 3.05) is 27.2 Å². The SMILES string of the molecule is COc1ccc2[nH]c3cc(Cl)ccc3c(=[NH+]CCN=C(O)c3ccc(C4=C5C=CC(=N5)C(=C5C=CN(C)C=C5)C5=NC(=C(c6cc[n+](C)cc6)c6ccc([nH]6)C(c6cc[n+](C)cc6)=C6C=CC4=N6)C=C5)cc3)c2c1. The van der Waals surface area contributed by atoms with Gasteiger partial charge in [-0.1, -0.05) is 23.7 Å². The van der Waals surface area contributed by atoms with E-state index in [4.69, 9.17) is 31.3 Å². The molecule has 0 fully saturated rings. The van der Waals surface area contributed by atoms with E-state index in [1.165, 1.54) is 0 Å². The number of nitrogens with one attached hydrogen (secondary N) is 3. The van der Waals surface area contributed by atoms with Crippen LogP contribution in [0, 0.1) is 0 Å². The van der Waals surface area contributed by atoms with Gasteiger partial charge in [-0.25, -0.2) is 34.1 Å². The number of benzene rings is 3. The van der Waals surface area contributed by atoms with Gasteiger partial charge in [-0.2, -0.15) is 0 Å². The van der Waals surface area contributed by atoms with Crippen LogP contribution in [0.2, 0.25) is 5.02 Å². The molecule has 7 aromatic rings. The lowest BCUT2D eigenvalue weighted by Gasteiger charge is -2.16. The zero-order valence-electron chi connectivity index (χ0n) is 41.1. The Morgan fingerprint density at radius 3 is 1.78 bits per heavy atom. The quantitative estimate of drug-likeness (QED) is 0.0402. The highest BCUT2D eigenvalue weighted by atomic mass is 35.5. The summed E-state index contributed by atoms with van der Waals surface area (Å²) in [5.74, 6) is 0.683. The van der Waals surface area contributed by atoms with Crippen molar-refractivity contribution in [3.63, 3.8) is 0 Å². The Morgan fingerprint density at radius 2 is 1.19 bits per heavy atom. The molecule has 0 unspecified atom stereocenters. The predicted molar refractivity (Wildman–Crippen MR) is 295 cm³/mol. The number of hydrogen-bond acceptors (Lipinski definition) is 6. The molecule has 0 atom stereocenters. The fraction of sp³-hybridized carbons (Fsp3) is 0.0984. The highest BCUT2D eigenvalue weighted by molar-refractivity contribution is 6.36. The summed E-state index contributed by atoms with van der Waals surface area (Å²) in [5, 5.41) is 14.9. The minimum Gasteiger partial charge on any atom is -0.497 e. The molecule has 13 heteroatoms. The molecule has 3 aromatic carbocycles. The number of aliphatic imine (C=N–C) groups is 4. The average molecular weight is 991 g/mol. The van der Waals surface area contributed by atoms with Crippen LogP contribution >= 0.6 is 11.6 Å². The molecule has 8 bridgehead atoms. The van der Waals surface area contributed by atoms with Crippen LogP contribution in [0.5, 0.6) is 5.75 Å². The van der Waals surface area contributed by atoms with Crippen LogP contribution in [0.25, 0.3) is 38.5 Å². The molecule has 0 radical (unpaired) electrons. The highest BCUT2D eigenvalue weighted by Gasteiger charge is 2.28. The third-order valence-corrected chi connectivity index (χ3v) is 13.8. The molecular formula is C61H50ClN10O2+3. The lowest BCUT2D eigenvalue weighted by atomic mass is 9.97. The van der Waals surface area contributed by atoms with Crippen molar-refractivity contribution in [2.45, 2.75) is 0 Å². The molecule has 4 N–H and O–H groups in total. The number of H-pyrrole nitrogens is 2. The van der Waals surface area contributed by atoms with Crippen LogP contribution in [0.3, 0.4) is 0 Å². The number of aromatic nitrogens is 4. The largest absolute Gasteiger partial charge is 0.497 e. The summed E-state index contributed by atoms with van der Waals surface area (Å²) in [7, 11) is 7.70. The summed E-state index contributed by atoms with van der Waals surface area (Å²) in [4.78, 5) is 33.8. The van der Waals surface area contributed by atoms with Crippen molar-refractivity contribution in [3.8, 4) is 5.75 Å². The third kappa shape index (κ3) is 8.71. The van der Waals surface area contributed by atoms with Gasteiger partial charge in [0.2, 0.25) is 11.3 Å². The fourth-order valence-corrected chi connectivity index (χ4v) is 10.0. The Morgan fingerprint density at radius 1 is 0.622 bits per heavy atom. The second kappa shape index (κ2) is 19.1. The molecule has 9 heterocycles. The molecule has 0 saturated carbocycles. The summed E-state index contributed by atoms with van der Waals surface area (Å²) < 4.78 is 9.63. The standard InChI is InChI=1S/C61H48ClN10O2/c1-70-29-21-38(22-30-70)57-49-15-13-47(66-49)56(37-5-7-41(8-6-37)61(73)64-28-27-63-60-44-11-9-42(62)35-55(44)65-46-12-10-43(74-4)36-45(46)60)48-14-16-50(67-48)58(39-23-31-71(2)32-24-39)52-18-20-54(69-52)59(53-19-17-51(57)68-53)40-25-33-72(3)34-26-40/h5-26,29-36H,27-28H2,1-4H3,(H2-,63,64,65,66,67,68,69,73)/q+1/p+2. The van der Waals surface area contributed by atoms with Crippen molar-refractivity contribution in [3.05, 3.63) is 255 Å². The van der Waals surface area contributed by atoms with Gasteiger partial charge in [-0.3, -0.25) is 0 Å². The summed E-state index contributed by atoms with van der Waals surface area (Å²) in [6, 6.07) is 32.2. The number of rotatable bonds is 8. The van der Waals surface area contributed by atoms with Crippen molar-refractivity contribution in [1.82, 2.24) is 14.9 Å². The van der Waals surface area contributed by atoms with Gasteiger partial charge >= 0.3 is 0 Å². The Hall–Kier alpha value is -9.26. The van der Waals surface area contributed by atoms with E-state index in [2.05, 4.69) is 130 Å². The van der Waals surface area contributed by atoms with Crippen LogP contribution in [-0.4, -0.2) is 70.3 Å². The zero-order valence-corrected chi connectivity index (χ0v) is 41.9. The van der Waals surface area contributed by atoms with Gasteiger partial charge < -0.3 is 24.7 Å². The minimum atomic E-state index is -0.0621. The first-order valence-corrected chi connectivity index (χ1v) is 24.7. The van der Waals surface area contributed by atoms with Gasteiger partial charge in [-0.05, 0) is 132 Å². The van der Waals surface area contributed by atoms with Crippen LogP contribution in [0.1, 0.15) is 33.6 Å². The number of pyridine rings is 3. The smallest absolute Gasteiger partial charge is 0.217 e. The monoisotopic (exact) mass is 989 g/mol. The normalized spacial score (nSPS) is 16.5. The van der Waals surface area contributed by atoms with Gasteiger partial charge in [0.1, 0.15) is 26.4 Å². The second-order valence-corrected chi connectivity index (χ2v) is 18.9. The van der Waals surface area contributed by atoms with Gasteiger partial charge in [0, 0.05) is 88.0 Å². The predicted octanol–water partition coefficient (Wildman–Crippen LogP) is 8.19. The molecule has 0 saturated heterocycles. The van der Waals surface area contributed by atoms with Crippen LogP contribution in [0.15, 0.2) is 231 Å². The second-order valence-electron chi connectivity index (χ2n) is 18.5. The molecule has 74 heavy (non-hydrogen) atoms. The lowest BCUT2D eigenvalue weighted by molar-refractivity contribution is -0.671. The first-order valence-electron chi connectivity index (χ1n) is 24.3. The number of nitrogens with zero attached hydrogens (tertiary/aromatic N) is 7. The molecular weight excluding hydrogens is 940 g/mol. The average Bonchev–Trinajstić information content (AvgIpc) is 4.28. The maximum atomic E-state index is 11.4. The van der Waals surface area contributed by atoms with Crippen molar-refractivity contribution < 1.29 is 24.0 Å². The van der Waals surface area contributed by atoms with E-state index in [0.29, 0.717) is 23.7 Å². The highest BCUT2D eigenvalue weighted by Crippen LogP contribution is 2.38. The number of ether oxygens (including phenoxy) is 1. The number of fused-ring (bicyclic) bond motifs is 7. The zero-order chi connectivity index (χ0) is 50.5. The number of hydrogen-bond donors (Lipinski definition) is 4. The number of allylic oxidation sites excluding steroid dienone is 11. The number of aryl methyl sites for hydroxylation is 2. The van der Waals surface area contributed by atoms with E-state index < -0.39 is 0 Å². The molecule has 5 aliphatic heterocycles. The van der Waals surface area contributed by atoms with Gasteiger partial charge in [0.05, 0.1) is 63.1 Å². The van der Waals surface area contributed by atoms with Crippen LogP contribution in [-0.2, 0) is 14.1 Å². The first-order chi connectivity index (χ1) is 36.1. The Kier molecular flexibility index (Phi) is 11.8. The van der Waals surface area contributed by atoms with Crippen molar-refractivity contribution in [1.29, 1.82) is 0 Å². The summed E-state index contributed by atoms with van der Waals surface area (Å²) in [6.07, 6.45) is 29.0. The number of methoxy groups -OCH3 is 1. The molecule has 0 spiro atoms. The Balaban J connectivity index is 0.965. The van der Waals surface area contributed by atoms with E-state index in [0.717, 1.165) is 123 Å². The molecule has 5 aliphatic rings. The molecule has 12 nitrogen and oxygen atoms in total. The maximum Gasteiger partial charge on any atom is 0.217 e. The number of aromatic amines is 2. The molecule has 4 aromatic heterocycles. The van der Waals surface area contributed by atoms with E-state index in [-0.39, 0.29) is 5.90 Å². The molecule has 360 valence electrons. The van der Waals surface area contributed by atoms with Crippen molar-refractivity contribution in [2.24, 2.45) is 34.1 Å². The third-order valence-electron chi connectivity index (χ3n) is 13.6. The van der Waals surface area contributed by atoms with E-state index in [1.807, 2.05) is 108 Å². The van der Waals surface area contributed by atoms with Gasteiger partial charge in [-0.15, -0.1) is 0 Å². The Bertz CT molecular complexity index is 4000. The first kappa shape index (κ1) is 45.9. The molecule has 12 rings (SSSR count). The van der Waals surface area contributed by atoms with E-state index >= 15 is 0 Å². The summed E-state index contributed by atoms with van der Waals surface area (Å²) in [5.41, 5.74) is 16.6. The van der Waals surface area contributed by atoms with Crippen molar-refractivity contribution >= 4 is 73.2 Å². The van der Waals surface area contributed by atoms with Gasteiger partial charge in [0.25, 0.3) is 0 Å². The number of aliphatic hydroxyl groups excluding tert-OH is 1. The minimum absolute atomic E-state index is 0.0621. The van der Waals surface area contributed by atoms with E-state index in [1.54, 1.807) is 7.11 Å². The van der Waals surface area contributed by atoms with E-state index in [9.17, 15) is 5.11 Å². The van der Waals surface area contributed by atoms with Crippen LogP contribution < -0.4 is 24.2 Å². The molecule has 0 amide bonds. The number of aliphatic hydroxyl groups is 1. The Labute approximate surface area is 432 Å². The lowest BCUT2D eigenvalue weighted by Crippen LogP contribution is -2.77. The summed E-state index contributed by atoms with van der Waals surface area (Å²) >= 11 is 6.40. The van der Waals surface area contributed by atoms with Gasteiger partial charge in [0.15, 0.2) is 31.3 Å². The molecule has 0 aliphatic carbocycles. The van der Waals surface area contributed by atoms with Crippen LogP contribution in [0.4, 0.5) is 0 Å². The number of halogens is 1. The topological polar surface area (TPSA) is 135 Å². The maximum absolute atomic E-state index is 11.4. The fourth-order valence-electron chi connectivity index (χ4n) is 9.85.